The van der Waals surface area contributed by atoms with E-state index in [9.17, 15) is 9.59 Å². The van der Waals surface area contributed by atoms with E-state index in [1.807, 2.05) is 38.1 Å². The quantitative estimate of drug-likeness (QED) is 0.759. The van der Waals surface area contributed by atoms with Gasteiger partial charge in [-0.15, -0.1) is 11.3 Å². The van der Waals surface area contributed by atoms with Gasteiger partial charge < -0.3 is 5.32 Å². The van der Waals surface area contributed by atoms with E-state index >= 15 is 0 Å². The molecule has 0 fully saturated rings. The minimum absolute atomic E-state index is 0.0769. The summed E-state index contributed by atoms with van der Waals surface area (Å²) < 4.78 is 1.52. The van der Waals surface area contributed by atoms with Gasteiger partial charge in [-0.25, -0.2) is 4.98 Å². The number of nitrogens with one attached hydrogen (secondary N) is 1. The van der Waals surface area contributed by atoms with Crippen LogP contribution in [0.4, 0.5) is 5.69 Å². The first kappa shape index (κ1) is 17.4. The molecule has 0 spiro atoms. The molecular formula is C19H21N3O2S. The number of aryl methyl sites for hydroxylation is 4. The summed E-state index contributed by atoms with van der Waals surface area (Å²) >= 11 is 1.53. The van der Waals surface area contributed by atoms with Gasteiger partial charge in [0.2, 0.25) is 5.91 Å². The van der Waals surface area contributed by atoms with Crippen LogP contribution in [0.2, 0.25) is 0 Å². The van der Waals surface area contributed by atoms with Gasteiger partial charge in [0.25, 0.3) is 5.56 Å². The van der Waals surface area contributed by atoms with E-state index in [2.05, 4.69) is 17.2 Å². The number of aromatic nitrogens is 2. The third-order valence-electron chi connectivity index (χ3n) is 4.38. The predicted molar refractivity (Wildman–Crippen MR) is 102 cm³/mol. The zero-order valence-electron chi connectivity index (χ0n) is 14.6. The Morgan fingerprint density at radius 1 is 1.24 bits per heavy atom. The summed E-state index contributed by atoms with van der Waals surface area (Å²) in [5.74, 6) is -0.116. The fraction of sp³-hybridized carbons (Fsp3) is 0.316. The Labute approximate surface area is 150 Å². The molecule has 2 heterocycles. The third-order valence-corrected chi connectivity index (χ3v) is 5.50. The van der Waals surface area contributed by atoms with Crippen LogP contribution in [0, 0.1) is 13.8 Å². The molecule has 5 nitrogen and oxygen atoms in total. The van der Waals surface area contributed by atoms with Crippen molar-refractivity contribution in [1.29, 1.82) is 0 Å². The zero-order valence-corrected chi connectivity index (χ0v) is 15.4. The van der Waals surface area contributed by atoms with Crippen molar-refractivity contribution in [3.8, 4) is 0 Å². The molecule has 0 unspecified atom stereocenters. The normalized spacial score (nSPS) is 11.0. The fourth-order valence-electron chi connectivity index (χ4n) is 2.70. The molecular weight excluding hydrogens is 334 g/mol. The summed E-state index contributed by atoms with van der Waals surface area (Å²) in [4.78, 5) is 31.0. The minimum atomic E-state index is -0.116. The number of carbonyl (C=O) groups is 1. The summed E-state index contributed by atoms with van der Waals surface area (Å²) in [6.45, 7) is 6.33. The van der Waals surface area contributed by atoms with Gasteiger partial charge in [-0.3, -0.25) is 14.2 Å². The van der Waals surface area contributed by atoms with Gasteiger partial charge in [0.1, 0.15) is 4.83 Å². The van der Waals surface area contributed by atoms with E-state index in [-0.39, 0.29) is 17.9 Å². The highest BCUT2D eigenvalue weighted by atomic mass is 32.1. The van der Waals surface area contributed by atoms with Crippen LogP contribution in [0.3, 0.4) is 0 Å². The molecule has 6 heteroatoms. The lowest BCUT2D eigenvalue weighted by Crippen LogP contribution is -2.23. The van der Waals surface area contributed by atoms with Crippen molar-refractivity contribution < 1.29 is 4.79 Å². The van der Waals surface area contributed by atoms with Crippen molar-refractivity contribution in [2.45, 2.75) is 40.2 Å². The number of thiophene rings is 1. The van der Waals surface area contributed by atoms with Crippen molar-refractivity contribution in [2.75, 3.05) is 5.32 Å². The molecule has 0 atom stereocenters. The third kappa shape index (κ3) is 3.64. The van der Waals surface area contributed by atoms with E-state index in [0.29, 0.717) is 11.9 Å². The van der Waals surface area contributed by atoms with Crippen LogP contribution in [0.25, 0.3) is 10.2 Å². The number of nitrogens with zero attached hydrogens (tertiary/aromatic N) is 2. The van der Waals surface area contributed by atoms with Gasteiger partial charge in [-0.05, 0) is 43.5 Å². The SMILES string of the molecule is CCc1ccc(NC(=O)CCn2cnc3sc(C)c(C)c3c2=O)cc1. The van der Waals surface area contributed by atoms with Gasteiger partial charge in [-0.2, -0.15) is 0 Å². The number of hydrogen-bond donors (Lipinski definition) is 1. The maximum atomic E-state index is 12.6. The average Bonchev–Trinajstić information content (AvgIpc) is 2.90. The molecule has 1 N–H and O–H groups in total. The Balaban J connectivity index is 1.69. The van der Waals surface area contributed by atoms with E-state index in [1.165, 1.54) is 27.8 Å². The van der Waals surface area contributed by atoms with Gasteiger partial charge >= 0.3 is 0 Å². The lowest BCUT2D eigenvalue weighted by Gasteiger charge is -2.08. The first-order valence-electron chi connectivity index (χ1n) is 8.33. The van der Waals surface area contributed by atoms with Crippen molar-refractivity contribution in [1.82, 2.24) is 9.55 Å². The number of rotatable bonds is 5. The lowest BCUT2D eigenvalue weighted by atomic mass is 10.1. The van der Waals surface area contributed by atoms with Crippen LogP contribution >= 0.6 is 11.3 Å². The number of anilines is 1. The summed E-state index contributed by atoms with van der Waals surface area (Å²) in [6.07, 6.45) is 2.72. The van der Waals surface area contributed by atoms with Crippen LogP contribution in [-0.2, 0) is 17.8 Å². The Kier molecular flexibility index (Phi) is 4.99. The largest absolute Gasteiger partial charge is 0.326 e. The number of hydrogen-bond acceptors (Lipinski definition) is 4. The number of fused-ring (bicyclic) bond motifs is 1. The van der Waals surface area contributed by atoms with Crippen LogP contribution in [0.15, 0.2) is 35.4 Å². The average molecular weight is 355 g/mol. The maximum Gasteiger partial charge on any atom is 0.262 e. The Morgan fingerprint density at radius 3 is 2.64 bits per heavy atom. The molecule has 0 saturated carbocycles. The highest BCUT2D eigenvalue weighted by Gasteiger charge is 2.12. The molecule has 25 heavy (non-hydrogen) atoms. The highest BCUT2D eigenvalue weighted by Crippen LogP contribution is 2.25. The number of benzene rings is 1. The summed E-state index contributed by atoms with van der Waals surface area (Å²) in [5.41, 5.74) is 2.90. The Hall–Kier alpha value is -2.47. The molecule has 0 saturated heterocycles. The minimum Gasteiger partial charge on any atom is -0.326 e. The summed E-state index contributed by atoms with van der Waals surface area (Å²) in [7, 11) is 0. The molecule has 1 amide bonds. The van der Waals surface area contributed by atoms with E-state index in [0.717, 1.165) is 27.4 Å². The number of amides is 1. The van der Waals surface area contributed by atoms with Crippen molar-refractivity contribution in [3.05, 3.63) is 57.0 Å². The fourth-order valence-corrected chi connectivity index (χ4v) is 3.69. The Bertz CT molecular complexity index is 971. The molecule has 2 aromatic heterocycles. The molecule has 0 aliphatic carbocycles. The van der Waals surface area contributed by atoms with Gasteiger partial charge in [0.05, 0.1) is 11.7 Å². The van der Waals surface area contributed by atoms with Gasteiger partial charge in [-0.1, -0.05) is 19.1 Å². The lowest BCUT2D eigenvalue weighted by molar-refractivity contribution is -0.116. The highest BCUT2D eigenvalue weighted by molar-refractivity contribution is 7.18. The standard InChI is InChI=1S/C19H21N3O2S/c1-4-14-5-7-15(8-6-14)21-16(23)9-10-22-11-20-18-17(19(22)24)12(2)13(3)25-18/h5-8,11H,4,9-10H2,1-3H3,(H,21,23). The molecule has 130 valence electrons. The van der Waals surface area contributed by atoms with Crippen LogP contribution in [0.5, 0.6) is 0 Å². The Morgan fingerprint density at radius 2 is 1.96 bits per heavy atom. The molecule has 0 aliphatic rings. The van der Waals surface area contributed by atoms with Crippen LogP contribution < -0.4 is 10.9 Å². The predicted octanol–water partition coefficient (Wildman–Crippen LogP) is 3.67. The number of carbonyl (C=O) groups excluding carboxylic acids is 1. The smallest absolute Gasteiger partial charge is 0.262 e. The van der Waals surface area contributed by atoms with Crippen molar-refractivity contribution in [3.63, 3.8) is 0 Å². The molecule has 0 bridgehead atoms. The van der Waals surface area contributed by atoms with Crippen LogP contribution in [0.1, 0.15) is 29.3 Å². The molecule has 3 aromatic rings. The van der Waals surface area contributed by atoms with Gasteiger partial charge in [0, 0.05) is 23.5 Å². The summed E-state index contributed by atoms with van der Waals surface area (Å²) in [5, 5.41) is 3.53. The van der Waals surface area contributed by atoms with Crippen LogP contribution in [-0.4, -0.2) is 15.5 Å². The molecule has 0 radical (unpaired) electrons. The molecule has 1 aromatic carbocycles. The first-order valence-corrected chi connectivity index (χ1v) is 9.15. The van der Waals surface area contributed by atoms with E-state index in [1.54, 1.807) is 0 Å². The van der Waals surface area contributed by atoms with Crippen molar-refractivity contribution in [2.24, 2.45) is 0 Å². The topological polar surface area (TPSA) is 64.0 Å². The second-order valence-electron chi connectivity index (χ2n) is 6.06. The molecule has 0 aliphatic heterocycles. The van der Waals surface area contributed by atoms with Crippen molar-refractivity contribution >= 4 is 33.1 Å². The van der Waals surface area contributed by atoms with E-state index in [4.69, 9.17) is 0 Å². The second-order valence-corrected chi connectivity index (χ2v) is 7.26. The van der Waals surface area contributed by atoms with E-state index < -0.39 is 0 Å². The monoisotopic (exact) mass is 355 g/mol. The second kappa shape index (κ2) is 7.19. The molecule has 3 rings (SSSR count). The summed E-state index contributed by atoms with van der Waals surface area (Å²) in [6, 6.07) is 7.79. The van der Waals surface area contributed by atoms with Gasteiger partial charge in [0.15, 0.2) is 0 Å². The maximum absolute atomic E-state index is 12.6. The zero-order chi connectivity index (χ0) is 18.0. The first-order chi connectivity index (χ1) is 12.0.